The van der Waals surface area contributed by atoms with Gasteiger partial charge in [-0.3, -0.25) is 14.5 Å². The average Bonchev–Trinajstić information content (AvgIpc) is 3.03. The van der Waals surface area contributed by atoms with E-state index in [9.17, 15) is 9.59 Å². The Morgan fingerprint density at radius 1 is 1.21 bits per heavy atom. The molecule has 1 aliphatic heterocycles. The fourth-order valence-electron chi connectivity index (χ4n) is 2.89. The summed E-state index contributed by atoms with van der Waals surface area (Å²) in [5.41, 5.74) is 2.19. The van der Waals surface area contributed by atoms with Crippen LogP contribution in [0.2, 0.25) is 0 Å². The van der Waals surface area contributed by atoms with Gasteiger partial charge < -0.3 is 10.4 Å². The van der Waals surface area contributed by atoms with Gasteiger partial charge in [0.05, 0.1) is 12.6 Å². The van der Waals surface area contributed by atoms with Gasteiger partial charge >= 0.3 is 5.97 Å². The lowest BCUT2D eigenvalue weighted by molar-refractivity contribution is -0.138. The fraction of sp³-hybridized carbons (Fsp3) is 0.524. The second-order valence-electron chi connectivity index (χ2n) is 7.07. The normalized spacial score (nSPS) is 18.1. The molecule has 1 unspecified atom stereocenters. The summed E-state index contributed by atoms with van der Waals surface area (Å²) in [5, 5.41) is 19.0. The SMILES string of the molecule is CCCCN(CCCC)Cc1ccc(C=NN=C2NC(=O)C(CC(=O)O)S2)cc1. The summed E-state index contributed by atoms with van der Waals surface area (Å²) in [5.74, 6) is -1.35. The number of carboxylic acid groups (broad SMARTS) is 1. The van der Waals surface area contributed by atoms with Crippen LogP contribution in [0, 0.1) is 0 Å². The summed E-state index contributed by atoms with van der Waals surface area (Å²) in [4.78, 5) is 24.9. The second kappa shape index (κ2) is 12.4. The number of carbonyl (C=O) groups is 2. The van der Waals surface area contributed by atoms with Gasteiger partial charge in [-0.05, 0) is 37.1 Å². The van der Waals surface area contributed by atoms with Crippen LogP contribution in [-0.4, -0.2) is 51.6 Å². The first-order valence-corrected chi connectivity index (χ1v) is 11.0. The summed E-state index contributed by atoms with van der Waals surface area (Å²) in [6.07, 6.45) is 6.24. The number of benzene rings is 1. The van der Waals surface area contributed by atoms with Crippen LogP contribution < -0.4 is 5.32 Å². The van der Waals surface area contributed by atoms with Gasteiger partial charge in [-0.25, -0.2) is 0 Å². The van der Waals surface area contributed by atoms with Crippen molar-refractivity contribution in [2.24, 2.45) is 10.2 Å². The van der Waals surface area contributed by atoms with Crippen molar-refractivity contribution in [2.75, 3.05) is 13.1 Å². The summed E-state index contributed by atoms with van der Waals surface area (Å²) < 4.78 is 0. The van der Waals surface area contributed by atoms with E-state index in [0.29, 0.717) is 5.17 Å². The molecule has 0 bridgehead atoms. The summed E-state index contributed by atoms with van der Waals surface area (Å²) in [7, 11) is 0. The lowest BCUT2D eigenvalue weighted by Gasteiger charge is -2.22. The molecule has 0 saturated carbocycles. The zero-order valence-electron chi connectivity index (χ0n) is 17.1. The van der Waals surface area contributed by atoms with Crippen molar-refractivity contribution in [1.29, 1.82) is 0 Å². The summed E-state index contributed by atoms with van der Waals surface area (Å²) in [6.45, 7) is 7.65. The molecule has 158 valence electrons. The Hall–Kier alpha value is -2.19. The Labute approximate surface area is 176 Å². The molecule has 7 nitrogen and oxygen atoms in total. The Balaban J connectivity index is 1.89. The highest BCUT2D eigenvalue weighted by atomic mass is 32.2. The lowest BCUT2D eigenvalue weighted by atomic mass is 10.1. The number of hydrogen-bond acceptors (Lipinski definition) is 6. The predicted molar refractivity (Wildman–Crippen MR) is 118 cm³/mol. The van der Waals surface area contributed by atoms with Crippen LogP contribution >= 0.6 is 11.8 Å². The number of unbranched alkanes of at least 4 members (excludes halogenated alkanes) is 2. The minimum absolute atomic E-state index is 0.228. The van der Waals surface area contributed by atoms with E-state index >= 15 is 0 Å². The van der Waals surface area contributed by atoms with Crippen LogP contribution in [0.1, 0.15) is 57.1 Å². The van der Waals surface area contributed by atoms with Gasteiger partial charge in [-0.2, -0.15) is 5.10 Å². The molecule has 29 heavy (non-hydrogen) atoms. The van der Waals surface area contributed by atoms with Gasteiger partial charge in [0.25, 0.3) is 0 Å². The van der Waals surface area contributed by atoms with Gasteiger partial charge in [-0.1, -0.05) is 62.7 Å². The van der Waals surface area contributed by atoms with Gasteiger partial charge in [0.1, 0.15) is 5.25 Å². The van der Waals surface area contributed by atoms with Crippen LogP contribution in [0.4, 0.5) is 0 Å². The van der Waals surface area contributed by atoms with E-state index in [1.165, 1.54) is 31.2 Å². The van der Waals surface area contributed by atoms with Crippen molar-refractivity contribution in [3.8, 4) is 0 Å². The number of rotatable bonds is 12. The monoisotopic (exact) mass is 418 g/mol. The van der Waals surface area contributed by atoms with E-state index in [1.807, 2.05) is 12.1 Å². The molecule has 1 aliphatic rings. The number of nitrogens with one attached hydrogen (secondary N) is 1. The largest absolute Gasteiger partial charge is 0.481 e. The second-order valence-corrected chi connectivity index (χ2v) is 8.26. The first-order valence-electron chi connectivity index (χ1n) is 10.1. The third-order valence-corrected chi connectivity index (χ3v) is 5.61. The molecule has 1 aromatic rings. The molecule has 0 aromatic heterocycles. The van der Waals surface area contributed by atoms with E-state index in [2.05, 4.69) is 46.4 Å². The zero-order valence-corrected chi connectivity index (χ0v) is 18.0. The van der Waals surface area contributed by atoms with E-state index < -0.39 is 11.2 Å². The van der Waals surface area contributed by atoms with Gasteiger partial charge in [-0.15, -0.1) is 5.10 Å². The van der Waals surface area contributed by atoms with Crippen molar-refractivity contribution >= 4 is 35.0 Å². The molecule has 1 fully saturated rings. The van der Waals surface area contributed by atoms with E-state index in [1.54, 1.807) is 6.21 Å². The Morgan fingerprint density at radius 2 is 1.86 bits per heavy atom. The summed E-state index contributed by atoms with van der Waals surface area (Å²) in [6, 6.07) is 8.22. The predicted octanol–water partition coefficient (Wildman–Crippen LogP) is 3.49. The minimum atomic E-state index is -1.01. The third-order valence-electron chi connectivity index (χ3n) is 4.53. The van der Waals surface area contributed by atoms with Crippen LogP contribution in [0.15, 0.2) is 34.5 Å². The number of carboxylic acids is 1. The minimum Gasteiger partial charge on any atom is -0.481 e. The molecule has 1 saturated heterocycles. The summed E-state index contributed by atoms with van der Waals surface area (Å²) >= 11 is 1.09. The molecule has 1 atom stereocenters. The molecule has 8 heteroatoms. The van der Waals surface area contributed by atoms with E-state index in [0.717, 1.165) is 37.0 Å². The molecule has 1 aromatic carbocycles. The maximum absolute atomic E-state index is 11.7. The topological polar surface area (TPSA) is 94.4 Å². The maximum atomic E-state index is 11.7. The fourth-order valence-corrected chi connectivity index (χ4v) is 3.81. The number of hydrogen-bond donors (Lipinski definition) is 2. The van der Waals surface area contributed by atoms with Crippen molar-refractivity contribution in [2.45, 2.75) is 57.7 Å². The van der Waals surface area contributed by atoms with Crippen LogP contribution in [0.3, 0.4) is 0 Å². The average molecular weight is 419 g/mol. The molecule has 0 aliphatic carbocycles. The number of aliphatic carboxylic acids is 1. The van der Waals surface area contributed by atoms with Gasteiger partial charge in [0.15, 0.2) is 5.17 Å². The number of amides is 1. The van der Waals surface area contributed by atoms with Crippen molar-refractivity contribution in [3.63, 3.8) is 0 Å². The van der Waals surface area contributed by atoms with Crippen LogP contribution in [0.25, 0.3) is 0 Å². The molecule has 2 rings (SSSR count). The number of amidine groups is 1. The Kier molecular flexibility index (Phi) is 9.87. The molecule has 0 radical (unpaired) electrons. The first-order chi connectivity index (χ1) is 14.0. The number of carbonyl (C=O) groups excluding carboxylic acids is 1. The molecular weight excluding hydrogens is 388 g/mol. The van der Waals surface area contributed by atoms with Crippen LogP contribution in [-0.2, 0) is 16.1 Å². The highest BCUT2D eigenvalue weighted by Crippen LogP contribution is 2.22. The highest BCUT2D eigenvalue weighted by Gasteiger charge is 2.32. The quantitative estimate of drug-likeness (QED) is 0.400. The van der Waals surface area contributed by atoms with E-state index in [-0.39, 0.29) is 12.3 Å². The highest BCUT2D eigenvalue weighted by molar-refractivity contribution is 8.15. The molecule has 2 N–H and O–H groups in total. The third kappa shape index (κ3) is 8.37. The molecular formula is C21H30N4O3S. The van der Waals surface area contributed by atoms with Crippen LogP contribution in [0.5, 0.6) is 0 Å². The Morgan fingerprint density at radius 3 is 2.45 bits per heavy atom. The number of thioether (sulfide) groups is 1. The zero-order chi connectivity index (χ0) is 21.1. The molecule has 1 amide bonds. The maximum Gasteiger partial charge on any atom is 0.305 e. The lowest BCUT2D eigenvalue weighted by Crippen LogP contribution is -2.26. The standard InChI is InChI=1S/C21H30N4O3S/c1-3-5-11-25(12-6-4-2)15-17-9-7-16(8-10-17)14-22-24-21-23-20(28)18(29-21)13-19(26)27/h7-10,14,18H,3-6,11-13,15H2,1-2H3,(H,26,27)(H,23,24,28). The smallest absolute Gasteiger partial charge is 0.305 e. The first kappa shape index (κ1) is 23.1. The van der Waals surface area contributed by atoms with Gasteiger partial charge in [0, 0.05) is 6.54 Å². The van der Waals surface area contributed by atoms with Crippen molar-refractivity contribution < 1.29 is 14.7 Å². The van der Waals surface area contributed by atoms with Crippen molar-refractivity contribution in [1.82, 2.24) is 10.2 Å². The Bertz CT molecular complexity index is 726. The van der Waals surface area contributed by atoms with Gasteiger partial charge in [0.2, 0.25) is 5.91 Å². The van der Waals surface area contributed by atoms with Crippen molar-refractivity contribution in [3.05, 3.63) is 35.4 Å². The molecule has 1 heterocycles. The number of nitrogens with zero attached hydrogens (tertiary/aromatic N) is 3. The molecule has 0 spiro atoms. The van der Waals surface area contributed by atoms with E-state index in [4.69, 9.17) is 5.11 Å².